The first-order valence-electron chi connectivity index (χ1n) is 6.30. The van der Waals surface area contributed by atoms with E-state index < -0.39 is 0 Å². The number of hydrogen-bond acceptors (Lipinski definition) is 4. The lowest BCUT2D eigenvalue weighted by Gasteiger charge is -2.17. The van der Waals surface area contributed by atoms with Crippen LogP contribution in [0.4, 0.5) is 5.95 Å². The summed E-state index contributed by atoms with van der Waals surface area (Å²) >= 11 is 0. The largest absolute Gasteiger partial charge is 0.354 e. The highest BCUT2D eigenvalue weighted by molar-refractivity contribution is 5.78. The van der Waals surface area contributed by atoms with Crippen molar-refractivity contribution < 1.29 is 4.79 Å². The van der Waals surface area contributed by atoms with Crippen molar-refractivity contribution >= 4 is 11.9 Å². The van der Waals surface area contributed by atoms with Crippen LogP contribution in [0, 0.1) is 5.92 Å². The predicted molar refractivity (Wildman–Crippen MR) is 70.0 cm³/mol. The third-order valence-electron chi connectivity index (χ3n) is 2.91. The zero-order chi connectivity index (χ0) is 12.6. The number of rotatable bonds is 5. The molecule has 18 heavy (non-hydrogen) atoms. The molecule has 5 nitrogen and oxygen atoms in total. The van der Waals surface area contributed by atoms with Crippen molar-refractivity contribution in [2.75, 3.05) is 18.4 Å². The minimum Gasteiger partial charge on any atom is -0.354 e. The van der Waals surface area contributed by atoms with Crippen LogP contribution in [0.3, 0.4) is 0 Å². The van der Waals surface area contributed by atoms with Crippen LogP contribution >= 0.6 is 0 Å². The molecule has 1 aromatic rings. The summed E-state index contributed by atoms with van der Waals surface area (Å²) < 4.78 is 0. The van der Waals surface area contributed by atoms with Crippen molar-refractivity contribution in [2.24, 2.45) is 5.92 Å². The van der Waals surface area contributed by atoms with Gasteiger partial charge in [-0.2, -0.15) is 0 Å². The van der Waals surface area contributed by atoms with Gasteiger partial charge in [-0.15, -0.1) is 0 Å². The van der Waals surface area contributed by atoms with Gasteiger partial charge in [0.05, 0.1) is 0 Å². The van der Waals surface area contributed by atoms with Crippen LogP contribution in [0.5, 0.6) is 0 Å². The summed E-state index contributed by atoms with van der Waals surface area (Å²) in [6.07, 6.45) is 10.4. The Bertz CT molecular complexity index is 405. The van der Waals surface area contributed by atoms with Gasteiger partial charge in [0, 0.05) is 31.4 Å². The lowest BCUT2D eigenvalue weighted by molar-refractivity contribution is -0.125. The molecule has 0 aliphatic heterocycles. The molecule has 0 spiro atoms. The van der Waals surface area contributed by atoms with Crippen LogP contribution in [-0.2, 0) is 4.79 Å². The number of aromatic nitrogens is 2. The number of nitrogens with one attached hydrogen (secondary N) is 2. The zero-order valence-electron chi connectivity index (χ0n) is 10.3. The van der Waals surface area contributed by atoms with E-state index in [4.69, 9.17) is 0 Å². The lowest BCUT2D eigenvalue weighted by Crippen LogP contribution is -2.34. The number of anilines is 1. The maximum atomic E-state index is 11.8. The van der Waals surface area contributed by atoms with E-state index in [0.29, 0.717) is 19.0 Å². The maximum absolute atomic E-state index is 11.8. The molecule has 0 radical (unpaired) electrons. The topological polar surface area (TPSA) is 66.9 Å². The molecular weight excluding hydrogens is 228 g/mol. The zero-order valence-corrected chi connectivity index (χ0v) is 10.3. The standard InChI is InChI=1S/C13H18N4O/c18-12(11-5-2-1-3-6-11)14-9-10-17-13-15-7-4-8-16-13/h1-2,4,7-8,11H,3,5-6,9-10H2,(H,14,18)(H,15,16,17)/t11-/m1/s1. The fourth-order valence-corrected chi connectivity index (χ4v) is 1.93. The summed E-state index contributed by atoms with van der Waals surface area (Å²) in [5.74, 6) is 0.880. The van der Waals surface area contributed by atoms with Crippen LogP contribution in [0.1, 0.15) is 19.3 Å². The van der Waals surface area contributed by atoms with Crippen molar-refractivity contribution in [3.05, 3.63) is 30.6 Å². The second-order valence-corrected chi connectivity index (χ2v) is 4.27. The van der Waals surface area contributed by atoms with E-state index >= 15 is 0 Å². The Morgan fingerprint density at radius 2 is 2.11 bits per heavy atom. The highest BCUT2D eigenvalue weighted by Gasteiger charge is 2.17. The minimum atomic E-state index is 0.142. The van der Waals surface area contributed by atoms with Gasteiger partial charge in [-0.1, -0.05) is 12.2 Å². The fourth-order valence-electron chi connectivity index (χ4n) is 1.93. The summed E-state index contributed by atoms with van der Waals surface area (Å²) in [6.45, 7) is 1.23. The van der Waals surface area contributed by atoms with Gasteiger partial charge in [-0.05, 0) is 25.3 Å². The summed E-state index contributed by atoms with van der Waals surface area (Å²) in [5, 5.41) is 5.98. The monoisotopic (exact) mass is 246 g/mol. The van der Waals surface area contributed by atoms with Crippen LogP contribution in [0.25, 0.3) is 0 Å². The van der Waals surface area contributed by atoms with Crippen LogP contribution in [0.15, 0.2) is 30.6 Å². The molecule has 0 bridgehead atoms. The molecule has 1 atom stereocenters. The number of carbonyl (C=O) groups excluding carboxylic acids is 1. The summed E-state index contributed by atoms with van der Waals surface area (Å²) in [6, 6.07) is 1.77. The molecule has 0 aromatic carbocycles. The molecule has 0 fully saturated rings. The molecule has 2 rings (SSSR count). The van der Waals surface area contributed by atoms with Crippen LogP contribution in [0.2, 0.25) is 0 Å². The molecule has 2 N–H and O–H groups in total. The Morgan fingerprint density at radius 1 is 1.28 bits per heavy atom. The van der Waals surface area contributed by atoms with Crippen molar-refractivity contribution in [1.29, 1.82) is 0 Å². The first-order chi connectivity index (χ1) is 8.86. The van der Waals surface area contributed by atoms with E-state index in [2.05, 4.69) is 32.8 Å². The molecule has 0 saturated heterocycles. The molecule has 0 unspecified atom stereocenters. The second-order valence-electron chi connectivity index (χ2n) is 4.27. The highest BCUT2D eigenvalue weighted by atomic mass is 16.1. The summed E-state index contributed by atoms with van der Waals surface area (Å²) in [4.78, 5) is 19.9. The molecule has 1 aromatic heterocycles. The molecule has 96 valence electrons. The van der Waals surface area contributed by atoms with E-state index in [1.165, 1.54) is 0 Å². The lowest BCUT2D eigenvalue weighted by atomic mass is 9.94. The molecular formula is C13H18N4O. The van der Waals surface area contributed by atoms with E-state index in [1.807, 2.05) is 0 Å². The Labute approximate surface area is 107 Å². The van der Waals surface area contributed by atoms with Crippen molar-refractivity contribution in [3.63, 3.8) is 0 Å². The highest BCUT2D eigenvalue weighted by Crippen LogP contribution is 2.17. The van der Waals surface area contributed by atoms with Gasteiger partial charge < -0.3 is 10.6 Å². The fraction of sp³-hybridized carbons (Fsp3) is 0.462. The van der Waals surface area contributed by atoms with Gasteiger partial charge in [-0.25, -0.2) is 9.97 Å². The molecule has 0 saturated carbocycles. The first kappa shape index (κ1) is 12.5. The number of carbonyl (C=O) groups is 1. The Hall–Kier alpha value is -1.91. The van der Waals surface area contributed by atoms with Gasteiger partial charge in [0.25, 0.3) is 0 Å². The number of hydrogen-bond donors (Lipinski definition) is 2. The van der Waals surface area contributed by atoms with Crippen molar-refractivity contribution in [1.82, 2.24) is 15.3 Å². The van der Waals surface area contributed by atoms with Gasteiger partial charge in [-0.3, -0.25) is 4.79 Å². The Balaban J connectivity index is 1.63. The predicted octanol–water partition coefficient (Wildman–Crippen LogP) is 1.36. The number of amides is 1. The first-order valence-corrected chi connectivity index (χ1v) is 6.30. The SMILES string of the molecule is O=C(NCCNc1ncccn1)[C@@H]1CC=CCC1. The number of allylic oxidation sites excluding steroid dienone is 2. The molecule has 1 heterocycles. The quantitative estimate of drug-likeness (QED) is 0.608. The average molecular weight is 246 g/mol. The smallest absolute Gasteiger partial charge is 0.223 e. The van der Waals surface area contributed by atoms with Gasteiger partial charge in [0.1, 0.15) is 0 Å². The molecule has 5 heteroatoms. The van der Waals surface area contributed by atoms with Crippen molar-refractivity contribution in [2.45, 2.75) is 19.3 Å². The van der Waals surface area contributed by atoms with Gasteiger partial charge >= 0.3 is 0 Å². The maximum Gasteiger partial charge on any atom is 0.223 e. The Morgan fingerprint density at radius 3 is 2.83 bits per heavy atom. The summed E-state index contributed by atoms with van der Waals surface area (Å²) in [5.41, 5.74) is 0. The van der Waals surface area contributed by atoms with Crippen LogP contribution in [-0.4, -0.2) is 29.0 Å². The minimum absolute atomic E-state index is 0.142. The van der Waals surface area contributed by atoms with Gasteiger partial charge in [0.15, 0.2) is 0 Å². The summed E-state index contributed by atoms with van der Waals surface area (Å²) in [7, 11) is 0. The van der Waals surface area contributed by atoms with Gasteiger partial charge in [0.2, 0.25) is 11.9 Å². The van der Waals surface area contributed by atoms with Crippen LogP contribution < -0.4 is 10.6 Å². The van der Waals surface area contributed by atoms with E-state index in [-0.39, 0.29) is 11.8 Å². The van der Waals surface area contributed by atoms with Crippen molar-refractivity contribution in [3.8, 4) is 0 Å². The molecule has 1 aliphatic carbocycles. The van der Waals surface area contributed by atoms with E-state index in [1.54, 1.807) is 18.5 Å². The average Bonchev–Trinajstić information content (AvgIpc) is 2.45. The number of nitrogens with zero attached hydrogens (tertiary/aromatic N) is 2. The second kappa shape index (κ2) is 6.74. The molecule has 1 amide bonds. The third kappa shape index (κ3) is 3.84. The third-order valence-corrected chi connectivity index (χ3v) is 2.91. The van der Waals surface area contributed by atoms with E-state index in [0.717, 1.165) is 19.3 Å². The Kier molecular flexibility index (Phi) is 4.69. The molecule has 1 aliphatic rings. The van der Waals surface area contributed by atoms with E-state index in [9.17, 15) is 4.79 Å². The normalized spacial score (nSPS) is 18.3.